The first kappa shape index (κ1) is 15.7. The van der Waals surface area contributed by atoms with Gasteiger partial charge in [-0.1, -0.05) is 43.7 Å². The van der Waals surface area contributed by atoms with Crippen molar-refractivity contribution in [2.45, 2.75) is 45.6 Å². The molecule has 1 aromatic rings. The molecule has 0 bridgehead atoms. The predicted molar refractivity (Wildman–Crippen MR) is 80.1 cm³/mol. The van der Waals surface area contributed by atoms with Crippen LogP contribution in [0.25, 0.3) is 0 Å². The second kappa shape index (κ2) is 5.33. The summed E-state index contributed by atoms with van der Waals surface area (Å²) in [6.45, 7) is 10.5. The Bertz CT molecular complexity index is 441. The Balaban J connectivity index is 2.85. The number of aryl methyl sites for hydroxylation is 1. The van der Waals surface area contributed by atoms with E-state index in [2.05, 4.69) is 45.0 Å². The number of hydrogen-bond donors (Lipinski definition) is 1. The number of hydrogen-bond acceptors (Lipinski definition) is 2. The van der Waals surface area contributed by atoms with E-state index in [1.165, 1.54) is 11.1 Å². The van der Waals surface area contributed by atoms with Gasteiger partial charge in [-0.3, -0.25) is 4.79 Å². The molecule has 106 valence electrons. The molecule has 0 radical (unpaired) electrons. The van der Waals surface area contributed by atoms with Crippen molar-refractivity contribution in [3.63, 3.8) is 0 Å². The molecule has 0 aliphatic heterocycles. The lowest BCUT2D eigenvalue weighted by atomic mass is 9.83. The number of rotatable bonds is 4. The summed E-state index contributed by atoms with van der Waals surface area (Å²) in [4.78, 5) is 13.9. The molecule has 0 aromatic heterocycles. The highest BCUT2D eigenvalue weighted by Gasteiger charge is 2.30. The van der Waals surface area contributed by atoms with Crippen LogP contribution < -0.4 is 5.73 Å². The average molecular weight is 262 g/mol. The molecule has 1 aromatic carbocycles. The molecule has 0 unspecified atom stereocenters. The maximum absolute atomic E-state index is 12.1. The third-order valence-corrected chi connectivity index (χ3v) is 3.36. The molecule has 0 spiro atoms. The second-order valence-corrected chi connectivity index (χ2v) is 6.63. The van der Waals surface area contributed by atoms with E-state index in [1.54, 1.807) is 18.7 Å². The van der Waals surface area contributed by atoms with Crippen LogP contribution in [0, 0.1) is 6.92 Å². The molecule has 0 fully saturated rings. The first-order chi connectivity index (χ1) is 8.54. The zero-order valence-electron chi connectivity index (χ0n) is 12.9. The lowest BCUT2D eigenvalue weighted by Crippen LogP contribution is -2.52. The third kappa shape index (κ3) is 4.06. The van der Waals surface area contributed by atoms with Gasteiger partial charge in [0.05, 0.1) is 5.54 Å². The lowest BCUT2D eigenvalue weighted by molar-refractivity contribution is -0.135. The summed E-state index contributed by atoms with van der Waals surface area (Å²) in [6, 6.07) is 8.46. The highest BCUT2D eigenvalue weighted by Crippen LogP contribution is 2.25. The van der Waals surface area contributed by atoms with Crippen molar-refractivity contribution in [3.8, 4) is 0 Å². The van der Waals surface area contributed by atoms with Crippen molar-refractivity contribution in [1.29, 1.82) is 0 Å². The number of amides is 1. The Kier molecular flexibility index (Phi) is 4.41. The quantitative estimate of drug-likeness (QED) is 0.906. The number of likely N-dealkylation sites (N-methyl/N-ethyl adjacent to an activating group) is 1. The molecule has 19 heavy (non-hydrogen) atoms. The molecule has 0 aliphatic carbocycles. The van der Waals surface area contributed by atoms with Gasteiger partial charge in [0.25, 0.3) is 0 Å². The van der Waals surface area contributed by atoms with Crippen molar-refractivity contribution in [1.82, 2.24) is 4.90 Å². The van der Waals surface area contributed by atoms with Gasteiger partial charge in [0.15, 0.2) is 0 Å². The summed E-state index contributed by atoms with van der Waals surface area (Å²) in [6.07, 6.45) is 0. The van der Waals surface area contributed by atoms with Crippen molar-refractivity contribution >= 4 is 5.91 Å². The van der Waals surface area contributed by atoms with Gasteiger partial charge in [-0.05, 0) is 26.3 Å². The van der Waals surface area contributed by atoms with E-state index >= 15 is 0 Å². The standard InChI is InChI=1S/C16H26N2O/c1-12-7-9-13(10-8-12)15(2,3)11-18(6)14(19)16(4,5)17/h7-10H,11,17H2,1-6H3. The Morgan fingerprint density at radius 2 is 1.63 bits per heavy atom. The smallest absolute Gasteiger partial charge is 0.241 e. The fourth-order valence-corrected chi connectivity index (χ4v) is 2.25. The Hall–Kier alpha value is -1.35. The van der Waals surface area contributed by atoms with Gasteiger partial charge in [-0.25, -0.2) is 0 Å². The van der Waals surface area contributed by atoms with Gasteiger partial charge < -0.3 is 10.6 Å². The van der Waals surface area contributed by atoms with E-state index in [4.69, 9.17) is 5.73 Å². The van der Waals surface area contributed by atoms with Crippen LogP contribution in [0.3, 0.4) is 0 Å². The normalized spacial score (nSPS) is 12.4. The fourth-order valence-electron chi connectivity index (χ4n) is 2.25. The largest absolute Gasteiger partial charge is 0.343 e. The molecular weight excluding hydrogens is 236 g/mol. The SMILES string of the molecule is Cc1ccc(C(C)(C)CN(C)C(=O)C(C)(C)N)cc1. The highest BCUT2D eigenvalue weighted by atomic mass is 16.2. The second-order valence-electron chi connectivity index (χ2n) is 6.63. The van der Waals surface area contributed by atoms with Crippen LogP contribution in [0.15, 0.2) is 24.3 Å². The van der Waals surface area contributed by atoms with E-state index in [1.807, 2.05) is 7.05 Å². The van der Waals surface area contributed by atoms with Gasteiger partial charge in [0.1, 0.15) is 0 Å². The Morgan fingerprint density at radius 3 is 2.05 bits per heavy atom. The minimum Gasteiger partial charge on any atom is -0.343 e. The van der Waals surface area contributed by atoms with E-state index < -0.39 is 5.54 Å². The van der Waals surface area contributed by atoms with Crippen molar-refractivity contribution in [3.05, 3.63) is 35.4 Å². The average Bonchev–Trinajstić information content (AvgIpc) is 2.26. The fraction of sp³-hybridized carbons (Fsp3) is 0.562. The molecule has 0 atom stereocenters. The summed E-state index contributed by atoms with van der Waals surface area (Å²) in [7, 11) is 1.81. The Morgan fingerprint density at radius 1 is 1.16 bits per heavy atom. The molecule has 1 rings (SSSR count). The van der Waals surface area contributed by atoms with Crippen LogP contribution in [0.4, 0.5) is 0 Å². The number of benzene rings is 1. The van der Waals surface area contributed by atoms with E-state index in [0.717, 1.165) is 0 Å². The van der Waals surface area contributed by atoms with Crippen LogP contribution in [-0.2, 0) is 10.2 Å². The maximum Gasteiger partial charge on any atom is 0.241 e. The molecule has 0 saturated heterocycles. The highest BCUT2D eigenvalue weighted by molar-refractivity contribution is 5.85. The van der Waals surface area contributed by atoms with Crippen LogP contribution in [0.2, 0.25) is 0 Å². The van der Waals surface area contributed by atoms with Crippen molar-refractivity contribution in [2.75, 3.05) is 13.6 Å². The number of nitrogens with two attached hydrogens (primary N) is 1. The molecule has 2 N–H and O–H groups in total. The molecular formula is C16H26N2O. The van der Waals surface area contributed by atoms with Gasteiger partial charge in [0.2, 0.25) is 5.91 Å². The molecule has 3 heteroatoms. The maximum atomic E-state index is 12.1. The van der Waals surface area contributed by atoms with Gasteiger partial charge in [0, 0.05) is 19.0 Å². The molecule has 0 saturated carbocycles. The van der Waals surface area contributed by atoms with Gasteiger partial charge in [-0.15, -0.1) is 0 Å². The zero-order chi connectivity index (χ0) is 14.8. The first-order valence-electron chi connectivity index (χ1n) is 6.65. The minimum absolute atomic E-state index is 0.0345. The first-order valence-corrected chi connectivity index (χ1v) is 6.65. The molecule has 0 aliphatic rings. The lowest BCUT2D eigenvalue weighted by Gasteiger charge is -2.34. The Labute approximate surface area is 116 Å². The summed E-state index contributed by atoms with van der Waals surface area (Å²) < 4.78 is 0. The number of carbonyl (C=O) groups is 1. The molecule has 3 nitrogen and oxygen atoms in total. The number of carbonyl (C=O) groups excluding carboxylic acids is 1. The van der Waals surface area contributed by atoms with Crippen molar-refractivity contribution < 1.29 is 4.79 Å². The van der Waals surface area contributed by atoms with E-state index in [0.29, 0.717) is 6.54 Å². The van der Waals surface area contributed by atoms with Gasteiger partial charge in [-0.2, -0.15) is 0 Å². The molecule has 0 heterocycles. The van der Waals surface area contributed by atoms with E-state index in [9.17, 15) is 4.79 Å². The predicted octanol–water partition coefficient (Wildman–Crippen LogP) is 2.47. The van der Waals surface area contributed by atoms with Crippen LogP contribution >= 0.6 is 0 Å². The summed E-state index contributed by atoms with van der Waals surface area (Å²) in [5.74, 6) is -0.0345. The van der Waals surface area contributed by atoms with E-state index in [-0.39, 0.29) is 11.3 Å². The van der Waals surface area contributed by atoms with Crippen LogP contribution in [0.5, 0.6) is 0 Å². The monoisotopic (exact) mass is 262 g/mol. The van der Waals surface area contributed by atoms with Crippen LogP contribution in [-0.4, -0.2) is 29.9 Å². The zero-order valence-corrected chi connectivity index (χ0v) is 12.9. The topological polar surface area (TPSA) is 46.3 Å². The van der Waals surface area contributed by atoms with Crippen molar-refractivity contribution in [2.24, 2.45) is 5.73 Å². The third-order valence-electron chi connectivity index (χ3n) is 3.36. The van der Waals surface area contributed by atoms with Crippen LogP contribution in [0.1, 0.15) is 38.8 Å². The summed E-state index contributed by atoms with van der Waals surface area (Å²) in [5, 5.41) is 0. The number of nitrogens with zero attached hydrogens (tertiary/aromatic N) is 1. The molecule has 1 amide bonds. The van der Waals surface area contributed by atoms with Gasteiger partial charge >= 0.3 is 0 Å². The minimum atomic E-state index is -0.821. The summed E-state index contributed by atoms with van der Waals surface area (Å²) in [5.41, 5.74) is 7.42. The summed E-state index contributed by atoms with van der Waals surface area (Å²) >= 11 is 0.